The molecule has 1 rings (SSSR count). The Bertz CT molecular complexity index is 452. The van der Waals surface area contributed by atoms with Crippen LogP contribution >= 0.6 is 11.3 Å². The van der Waals surface area contributed by atoms with Gasteiger partial charge in [-0.2, -0.15) is 0 Å². The van der Waals surface area contributed by atoms with Crippen molar-refractivity contribution >= 4 is 26.5 Å². The van der Waals surface area contributed by atoms with E-state index in [9.17, 15) is 8.42 Å². The fourth-order valence-corrected chi connectivity index (χ4v) is 2.87. The van der Waals surface area contributed by atoms with E-state index in [1.807, 2.05) is 6.92 Å². The Labute approximate surface area is 99.5 Å². The van der Waals surface area contributed by atoms with Crippen LogP contribution in [-0.2, 0) is 10.0 Å². The lowest BCUT2D eigenvalue weighted by atomic mass is 10.1. The summed E-state index contributed by atoms with van der Waals surface area (Å²) in [5.41, 5.74) is -0.562. The molecule has 0 spiro atoms. The van der Waals surface area contributed by atoms with Crippen LogP contribution in [0, 0.1) is 6.92 Å². The van der Waals surface area contributed by atoms with E-state index in [1.165, 1.54) is 11.3 Å². The third kappa shape index (κ3) is 4.86. The molecule has 0 bridgehead atoms. The van der Waals surface area contributed by atoms with Crippen molar-refractivity contribution in [3.05, 3.63) is 5.01 Å². The van der Waals surface area contributed by atoms with Gasteiger partial charge in [0.1, 0.15) is 5.01 Å². The average molecular weight is 264 g/mol. The van der Waals surface area contributed by atoms with Crippen LogP contribution < -0.4 is 10.0 Å². The first-order valence-electron chi connectivity index (χ1n) is 4.71. The van der Waals surface area contributed by atoms with Gasteiger partial charge in [-0.3, -0.25) is 0 Å². The third-order valence-corrected chi connectivity index (χ3v) is 3.39. The molecule has 1 heterocycles. The lowest BCUT2D eigenvalue weighted by molar-refractivity contribution is 0.476. The number of hydrogen-bond donors (Lipinski definition) is 2. The highest BCUT2D eigenvalue weighted by atomic mass is 32.2. The molecule has 1 aromatic rings. The summed E-state index contributed by atoms with van der Waals surface area (Å²) in [6.45, 7) is 5.92. The van der Waals surface area contributed by atoms with E-state index in [-0.39, 0.29) is 0 Å². The molecule has 0 saturated heterocycles. The van der Waals surface area contributed by atoms with E-state index < -0.39 is 15.6 Å². The number of hydrogen-bond acceptors (Lipinski definition) is 6. The Morgan fingerprint density at radius 2 is 2.00 bits per heavy atom. The van der Waals surface area contributed by atoms with Crippen molar-refractivity contribution in [1.82, 2.24) is 14.9 Å². The minimum Gasteiger partial charge on any atom is -0.358 e. The molecule has 0 unspecified atom stereocenters. The fourth-order valence-electron chi connectivity index (χ4n) is 1.20. The normalized spacial score (nSPS) is 12.8. The number of anilines is 1. The minimum absolute atomic E-state index is 0.453. The second-order valence-corrected chi connectivity index (χ2v) is 7.17. The number of aromatic nitrogens is 2. The van der Waals surface area contributed by atoms with Gasteiger partial charge in [-0.25, -0.2) is 13.1 Å². The largest absolute Gasteiger partial charge is 0.358 e. The first-order chi connectivity index (χ1) is 7.18. The van der Waals surface area contributed by atoms with Gasteiger partial charge in [-0.15, -0.1) is 10.2 Å². The topological polar surface area (TPSA) is 84.0 Å². The lowest BCUT2D eigenvalue weighted by Crippen LogP contribution is -2.47. The number of nitrogens with zero attached hydrogens (tertiary/aromatic N) is 2. The smallest absolute Gasteiger partial charge is 0.209 e. The fraction of sp³-hybridized carbons (Fsp3) is 0.750. The molecule has 0 amide bonds. The van der Waals surface area contributed by atoms with Crippen LogP contribution in [0.1, 0.15) is 18.9 Å². The van der Waals surface area contributed by atoms with Crippen molar-refractivity contribution in [3.8, 4) is 0 Å². The van der Waals surface area contributed by atoms with E-state index in [0.29, 0.717) is 11.7 Å². The summed E-state index contributed by atoms with van der Waals surface area (Å²) >= 11 is 1.44. The van der Waals surface area contributed by atoms with Gasteiger partial charge in [0, 0.05) is 12.1 Å². The van der Waals surface area contributed by atoms with Crippen LogP contribution in [0.4, 0.5) is 5.13 Å². The monoisotopic (exact) mass is 264 g/mol. The zero-order chi connectivity index (χ0) is 12.4. The van der Waals surface area contributed by atoms with Crippen molar-refractivity contribution < 1.29 is 8.42 Å². The molecule has 0 fully saturated rings. The van der Waals surface area contributed by atoms with Gasteiger partial charge in [0.25, 0.3) is 0 Å². The number of aryl methyl sites for hydroxylation is 1. The SMILES string of the molecule is Cc1nnc(NCC(C)(C)NS(C)(=O)=O)s1. The Balaban J connectivity index is 2.54. The van der Waals surface area contributed by atoms with Gasteiger partial charge < -0.3 is 5.32 Å². The van der Waals surface area contributed by atoms with Gasteiger partial charge in [-0.1, -0.05) is 11.3 Å². The van der Waals surface area contributed by atoms with E-state index in [4.69, 9.17) is 0 Å². The molecule has 0 aliphatic carbocycles. The maximum Gasteiger partial charge on any atom is 0.209 e. The molecule has 0 saturated carbocycles. The van der Waals surface area contributed by atoms with Crippen LogP contribution in [-0.4, -0.2) is 37.0 Å². The highest BCUT2D eigenvalue weighted by Crippen LogP contribution is 2.15. The van der Waals surface area contributed by atoms with E-state index in [2.05, 4.69) is 20.2 Å². The van der Waals surface area contributed by atoms with Crippen molar-refractivity contribution in [3.63, 3.8) is 0 Å². The standard InChI is InChI=1S/C8H16N4O2S2/c1-6-10-11-7(15-6)9-5-8(2,3)12-16(4,13)14/h12H,5H2,1-4H3,(H,9,11). The number of nitrogens with one attached hydrogen (secondary N) is 2. The molecule has 16 heavy (non-hydrogen) atoms. The molecule has 1 aromatic heterocycles. The number of rotatable bonds is 5. The molecule has 0 aliphatic rings. The predicted molar refractivity (Wildman–Crippen MR) is 65.2 cm³/mol. The van der Waals surface area contributed by atoms with Gasteiger partial charge in [0.2, 0.25) is 15.2 Å². The summed E-state index contributed by atoms with van der Waals surface area (Å²) in [4.78, 5) is 0. The molecule has 8 heteroatoms. The van der Waals surface area contributed by atoms with Crippen LogP contribution in [0.25, 0.3) is 0 Å². The molecule has 6 nitrogen and oxygen atoms in total. The summed E-state index contributed by atoms with van der Waals surface area (Å²) in [6, 6.07) is 0. The van der Waals surface area contributed by atoms with Gasteiger partial charge >= 0.3 is 0 Å². The highest BCUT2D eigenvalue weighted by molar-refractivity contribution is 7.88. The zero-order valence-electron chi connectivity index (χ0n) is 9.73. The summed E-state index contributed by atoms with van der Waals surface area (Å²) in [6.07, 6.45) is 1.14. The highest BCUT2D eigenvalue weighted by Gasteiger charge is 2.22. The van der Waals surface area contributed by atoms with E-state index in [1.54, 1.807) is 13.8 Å². The van der Waals surface area contributed by atoms with Crippen molar-refractivity contribution in [2.45, 2.75) is 26.3 Å². The van der Waals surface area contributed by atoms with Gasteiger partial charge in [0.15, 0.2) is 0 Å². The van der Waals surface area contributed by atoms with Crippen LogP contribution in [0.15, 0.2) is 0 Å². The average Bonchev–Trinajstić information content (AvgIpc) is 2.44. The second-order valence-electron chi connectivity index (χ2n) is 4.24. The molecular formula is C8H16N4O2S2. The lowest BCUT2D eigenvalue weighted by Gasteiger charge is -2.24. The van der Waals surface area contributed by atoms with E-state index >= 15 is 0 Å². The molecule has 0 aromatic carbocycles. The van der Waals surface area contributed by atoms with Crippen LogP contribution in [0.5, 0.6) is 0 Å². The Hall–Kier alpha value is -0.730. The molecular weight excluding hydrogens is 248 g/mol. The van der Waals surface area contributed by atoms with Crippen molar-refractivity contribution in [2.75, 3.05) is 18.1 Å². The zero-order valence-corrected chi connectivity index (χ0v) is 11.4. The minimum atomic E-state index is -3.20. The maximum atomic E-state index is 11.1. The molecule has 0 aliphatic heterocycles. The van der Waals surface area contributed by atoms with Crippen molar-refractivity contribution in [2.24, 2.45) is 0 Å². The summed E-state index contributed by atoms with van der Waals surface area (Å²) in [5, 5.41) is 12.4. The quantitative estimate of drug-likeness (QED) is 0.813. The Morgan fingerprint density at radius 3 is 2.44 bits per heavy atom. The summed E-state index contributed by atoms with van der Waals surface area (Å²) in [7, 11) is -3.20. The molecule has 0 atom stereocenters. The van der Waals surface area contributed by atoms with Crippen LogP contribution in [0.2, 0.25) is 0 Å². The summed E-state index contributed by atoms with van der Waals surface area (Å²) in [5.74, 6) is 0. The van der Waals surface area contributed by atoms with Crippen LogP contribution in [0.3, 0.4) is 0 Å². The predicted octanol–water partition coefficient (Wildman–Crippen LogP) is 0.586. The number of sulfonamides is 1. The molecule has 92 valence electrons. The summed E-state index contributed by atoms with van der Waals surface area (Å²) < 4.78 is 24.7. The van der Waals surface area contributed by atoms with Gasteiger partial charge in [-0.05, 0) is 20.8 Å². The third-order valence-electron chi connectivity index (χ3n) is 1.67. The first kappa shape index (κ1) is 13.3. The second kappa shape index (κ2) is 4.64. The van der Waals surface area contributed by atoms with Crippen molar-refractivity contribution in [1.29, 1.82) is 0 Å². The van der Waals surface area contributed by atoms with E-state index in [0.717, 1.165) is 11.3 Å². The maximum absolute atomic E-state index is 11.1. The molecule has 0 radical (unpaired) electrons. The van der Waals surface area contributed by atoms with Gasteiger partial charge in [0.05, 0.1) is 6.26 Å². The Morgan fingerprint density at radius 1 is 1.38 bits per heavy atom. The first-order valence-corrected chi connectivity index (χ1v) is 7.42. The molecule has 2 N–H and O–H groups in total. The Kier molecular flexibility index (Phi) is 3.87.